The number of carbonyl (C=O) groups is 1. The topological polar surface area (TPSA) is 118 Å². The van der Waals surface area contributed by atoms with E-state index in [-0.39, 0.29) is 18.1 Å². The van der Waals surface area contributed by atoms with Crippen LogP contribution in [0.15, 0.2) is 16.6 Å². The zero-order valence-corrected chi connectivity index (χ0v) is 8.56. The van der Waals surface area contributed by atoms with Gasteiger partial charge >= 0.3 is 5.97 Å². The van der Waals surface area contributed by atoms with Crippen LogP contribution in [0.25, 0.3) is 6.08 Å². The van der Waals surface area contributed by atoms with Crippen LogP contribution in [0.5, 0.6) is 5.88 Å². The monoisotopic (exact) mass is 225 g/mol. The van der Waals surface area contributed by atoms with Gasteiger partial charge in [0, 0.05) is 6.08 Å². The van der Waals surface area contributed by atoms with E-state index in [0.29, 0.717) is 0 Å². The van der Waals surface area contributed by atoms with Gasteiger partial charge in [0.15, 0.2) is 0 Å². The summed E-state index contributed by atoms with van der Waals surface area (Å²) in [6, 6.07) is 0.901. The van der Waals surface area contributed by atoms with Crippen LogP contribution in [-0.4, -0.2) is 27.7 Å². The van der Waals surface area contributed by atoms with Crippen LogP contribution >= 0.6 is 0 Å². The second-order valence-electron chi connectivity index (χ2n) is 2.81. The van der Waals surface area contributed by atoms with Crippen LogP contribution in [0.4, 0.5) is 0 Å². The van der Waals surface area contributed by atoms with E-state index in [4.69, 9.17) is 10.8 Å². The fourth-order valence-corrected chi connectivity index (χ4v) is 0.952. The van der Waals surface area contributed by atoms with Gasteiger partial charge in [0.2, 0.25) is 5.88 Å². The zero-order valence-electron chi connectivity index (χ0n) is 8.56. The Hall–Kier alpha value is -2.31. The molecule has 0 atom stereocenters. The van der Waals surface area contributed by atoms with Gasteiger partial charge in [0.05, 0.1) is 12.7 Å². The molecule has 0 aliphatic carbocycles. The third-order valence-electron chi connectivity index (χ3n) is 1.55. The number of aromatic amines is 1. The fraction of sp³-hybridized carbons (Fsp3) is 0.222. The first-order chi connectivity index (χ1) is 7.52. The number of hydrogen-bond donors (Lipinski definition) is 3. The molecule has 0 bridgehead atoms. The molecule has 0 aromatic carbocycles. The SMILES string of the molecule is CCOC(=O)/C(N)=C/c1nc(O)cc(=O)[nH]1. The molecule has 16 heavy (non-hydrogen) atoms. The summed E-state index contributed by atoms with van der Waals surface area (Å²) in [5.74, 6) is -1.18. The van der Waals surface area contributed by atoms with Crippen molar-refractivity contribution in [1.29, 1.82) is 0 Å². The van der Waals surface area contributed by atoms with Gasteiger partial charge in [-0.15, -0.1) is 0 Å². The maximum atomic E-state index is 11.1. The molecule has 1 aromatic rings. The number of carbonyl (C=O) groups excluding carboxylic acids is 1. The summed E-state index contributed by atoms with van der Waals surface area (Å²) in [6.07, 6.45) is 1.11. The molecule has 7 nitrogen and oxygen atoms in total. The van der Waals surface area contributed by atoms with Gasteiger partial charge in [0.25, 0.3) is 5.56 Å². The third kappa shape index (κ3) is 3.12. The summed E-state index contributed by atoms with van der Waals surface area (Å²) in [7, 11) is 0. The number of rotatable bonds is 3. The molecule has 86 valence electrons. The minimum Gasteiger partial charge on any atom is -0.493 e. The predicted octanol–water partition coefficient (Wildman–Crippen LogP) is -0.662. The van der Waals surface area contributed by atoms with Crippen molar-refractivity contribution in [3.63, 3.8) is 0 Å². The number of nitrogens with one attached hydrogen (secondary N) is 1. The molecule has 1 rings (SSSR count). The maximum Gasteiger partial charge on any atom is 0.354 e. The summed E-state index contributed by atoms with van der Waals surface area (Å²) < 4.78 is 4.62. The second-order valence-corrected chi connectivity index (χ2v) is 2.81. The Morgan fingerprint density at radius 1 is 1.75 bits per heavy atom. The smallest absolute Gasteiger partial charge is 0.354 e. The number of aromatic nitrogens is 2. The van der Waals surface area contributed by atoms with Crippen molar-refractivity contribution in [3.8, 4) is 5.88 Å². The molecule has 0 amide bonds. The number of nitrogens with two attached hydrogens (primary N) is 1. The lowest BCUT2D eigenvalue weighted by Crippen LogP contribution is -2.15. The number of nitrogens with zero attached hydrogens (tertiary/aromatic N) is 1. The van der Waals surface area contributed by atoms with Crippen LogP contribution in [-0.2, 0) is 9.53 Å². The fourth-order valence-electron chi connectivity index (χ4n) is 0.952. The van der Waals surface area contributed by atoms with E-state index >= 15 is 0 Å². The quantitative estimate of drug-likeness (QED) is 0.464. The zero-order chi connectivity index (χ0) is 12.1. The van der Waals surface area contributed by atoms with E-state index in [9.17, 15) is 9.59 Å². The van der Waals surface area contributed by atoms with Gasteiger partial charge in [0.1, 0.15) is 11.5 Å². The van der Waals surface area contributed by atoms with E-state index in [2.05, 4.69) is 14.7 Å². The number of ether oxygens (including phenoxy) is 1. The minimum atomic E-state index is -0.714. The van der Waals surface area contributed by atoms with Crippen LogP contribution in [0.1, 0.15) is 12.7 Å². The van der Waals surface area contributed by atoms with Crippen molar-refractivity contribution < 1.29 is 14.6 Å². The molecule has 0 saturated heterocycles. The summed E-state index contributed by atoms with van der Waals surface area (Å²) in [4.78, 5) is 27.9. The van der Waals surface area contributed by atoms with Crippen molar-refractivity contribution >= 4 is 12.0 Å². The highest BCUT2D eigenvalue weighted by atomic mass is 16.5. The van der Waals surface area contributed by atoms with Crippen molar-refractivity contribution in [3.05, 3.63) is 27.9 Å². The van der Waals surface area contributed by atoms with Crippen molar-refractivity contribution in [2.24, 2.45) is 5.73 Å². The van der Waals surface area contributed by atoms with Crippen LogP contribution in [0.3, 0.4) is 0 Å². The Bertz CT molecular complexity index is 478. The first-order valence-corrected chi connectivity index (χ1v) is 4.47. The van der Waals surface area contributed by atoms with Gasteiger partial charge in [-0.05, 0) is 6.92 Å². The number of esters is 1. The van der Waals surface area contributed by atoms with E-state index in [0.717, 1.165) is 12.1 Å². The average Bonchev–Trinajstić information content (AvgIpc) is 2.16. The van der Waals surface area contributed by atoms with Gasteiger partial charge in [-0.2, -0.15) is 4.98 Å². The minimum absolute atomic E-state index is 0.0180. The lowest BCUT2D eigenvalue weighted by atomic mass is 10.4. The molecule has 0 saturated carbocycles. The number of aromatic hydroxyl groups is 1. The third-order valence-corrected chi connectivity index (χ3v) is 1.55. The van der Waals surface area contributed by atoms with Crippen LogP contribution in [0.2, 0.25) is 0 Å². The van der Waals surface area contributed by atoms with E-state index < -0.39 is 17.4 Å². The largest absolute Gasteiger partial charge is 0.493 e. The Balaban J connectivity index is 2.98. The van der Waals surface area contributed by atoms with Crippen LogP contribution < -0.4 is 11.3 Å². The van der Waals surface area contributed by atoms with E-state index in [1.54, 1.807) is 6.92 Å². The van der Waals surface area contributed by atoms with Gasteiger partial charge < -0.3 is 20.6 Å². The lowest BCUT2D eigenvalue weighted by Gasteiger charge is -2.01. The molecule has 0 radical (unpaired) electrons. The first-order valence-electron chi connectivity index (χ1n) is 4.47. The molecule has 0 aliphatic rings. The highest BCUT2D eigenvalue weighted by molar-refractivity contribution is 5.91. The number of H-pyrrole nitrogens is 1. The average molecular weight is 225 g/mol. The highest BCUT2D eigenvalue weighted by Crippen LogP contribution is 2.02. The summed E-state index contributed by atoms with van der Waals surface area (Å²) in [6.45, 7) is 1.83. The van der Waals surface area contributed by atoms with E-state index in [1.165, 1.54) is 0 Å². The Kier molecular flexibility index (Phi) is 3.65. The van der Waals surface area contributed by atoms with Gasteiger partial charge in [-0.3, -0.25) is 4.79 Å². The molecule has 1 aromatic heterocycles. The predicted molar refractivity (Wildman–Crippen MR) is 55.3 cm³/mol. The normalized spacial score (nSPS) is 11.2. The molecule has 0 aliphatic heterocycles. The summed E-state index contributed by atoms with van der Waals surface area (Å²) >= 11 is 0. The second kappa shape index (κ2) is 4.96. The maximum absolute atomic E-state index is 11.1. The Labute approximate surface area is 90.6 Å². The van der Waals surface area contributed by atoms with Crippen LogP contribution in [0, 0.1) is 0 Å². The Morgan fingerprint density at radius 2 is 2.44 bits per heavy atom. The molecular weight excluding hydrogens is 214 g/mol. The molecule has 7 heteroatoms. The van der Waals surface area contributed by atoms with Gasteiger partial charge in [-0.25, -0.2) is 4.79 Å². The number of hydrogen-bond acceptors (Lipinski definition) is 6. The van der Waals surface area contributed by atoms with E-state index in [1.807, 2.05) is 0 Å². The summed E-state index contributed by atoms with van der Waals surface area (Å²) in [5.41, 5.74) is 4.62. The standard InChI is InChI=1S/C9H11N3O4/c1-2-16-9(15)5(10)3-6-11-7(13)4-8(14)12-6/h3-4H,2,10H2,1H3,(H2,11,12,13,14)/b5-3-. The van der Waals surface area contributed by atoms with Gasteiger partial charge in [-0.1, -0.05) is 0 Å². The molecule has 4 N–H and O–H groups in total. The Morgan fingerprint density at radius 3 is 3.00 bits per heavy atom. The van der Waals surface area contributed by atoms with Crippen molar-refractivity contribution in [2.75, 3.05) is 6.61 Å². The molecule has 0 unspecified atom stereocenters. The van der Waals surface area contributed by atoms with Crippen molar-refractivity contribution in [1.82, 2.24) is 9.97 Å². The molecule has 0 fully saturated rings. The highest BCUT2D eigenvalue weighted by Gasteiger charge is 2.06. The molecular formula is C9H11N3O4. The first kappa shape index (κ1) is 11.8. The molecule has 0 spiro atoms. The molecule has 1 heterocycles. The summed E-state index contributed by atoms with van der Waals surface area (Å²) in [5, 5.41) is 9.03. The van der Waals surface area contributed by atoms with Crippen molar-refractivity contribution in [2.45, 2.75) is 6.92 Å². The lowest BCUT2D eigenvalue weighted by molar-refractivity contribution is -0.138.